The number of ether oxygens (including phenoxy) is 2. The molecule has 0 radical (unpaired) electrons. The highest BCUT2D eigenvalue weighted by Gasteiger charge is 2.40. The van der Waals surface area contributed by atoms with Gasteiger partial charge in [-0.15, -0.1) is 0 Å². The summed E-state index contributed by atoms with van der Waals surface area (Å²) in [5, 5.41) is 25.8. The topological polar surface area (TPSA) is 195 Å². The molecule has 64 heavy (non-hydrogen) atoms. The fourth-order valence-electron chi connectivity index (χ4n) is 10.4. The molecule has 4 aromatic heterocycles. The molecule has 5 fully saturated rings. The van der Waals surface area contributed by atoms with Gasteiger partial charge in [0.05, 0.1) is 59.4 Å². The molecule has 4 saturated heterocycles. The molecule has 3 atom stereocenters. The summed E-state index contributed by atoms with van der Waals surface area (Å²) >= 11 is 0. The molecule has 0 spiro atoms. The van der Waals surface area contributed by atoms with Gasteiger partial charge in [-0.1, -0.05) is 17.9 Å². The van der Waals surface area contributed by atoms with Crippen molar-refractivity contribution < 1.29 is 29.0 Å². The van der Waals surface area contributed by atoms with Gasteiger partial charge < -0.3 is 29.7 Å². The number of imidazole rings is 1. The molecule has 336 valence electrons. The number of fused-ring (bicyclic) bond motifs is 4. The fraction of sp³-hybridized carbons (Fsp3) is 0.543. The number of nitrogens with one attached hydrogen (secondary N) is 2. The van der Waals surface area contributed by atoms with Crippen LogP contribution in [0.4, 0.5) is 11.5 Å². The molecule has 1 saturated carbocycles. The molecule has 3 amide bonds. The van der Waals surface area contributed by atoms with Gasteiger partial charge in [-0.3, -0.25) is 33.5 Å². The van der Waals surface area contributed by atoms with E-state index in [-0.39, 0.29) is 55.2 Å². The Morgan fingerprint density at radius 3 is 2.61 bits per heavy atom. The van der Waals surface area contributed by atoms with Gasteiger partial charge in [0.15, 0.2) is 5.65 Å². The number of aliphatic hydroxyl groups is 1. The Balaban J connectivity index is 0.709. The minimum atomic E-state index is -1.28. The summed E-state index contributed by atoms with van der Waals surface area (Å²) in [5.41, 5.74) is 2.06. The molecule has 8 heterocycles. The number of morpholine rings is 1. The maximum absolute atomic E-state index is 13.8. The number of amides is 3. The van der Waals surface area contributed by atoms with E-state index in [1.165, 1.54) is 15.3 Å². The lowest BCUT2D eigenvalue weighted by molar-refractivity contribution is -0.135. The molecule has 4 aliphatic heterocycles. The number of benzene rings is 1. The fourth-order valence-corrected chi connectivity index (χ4v) is 10.4. The van der Waals surface area contributed by atoms with Crippen LogP contribution in [0.3, 0.4) is 0 Å². The number of para-hydroxylation sites is 1. The van der Waals surface area contributed by atoms with E-state index in [0.29, 0.717) is 57.8 Å². The summed E-state index contributed by atoms with van der Waals surface area (Å²) in [6, 6.07) is 7.13. The van der Waals surface area contributed by atoms with Gasteiger partial charge in [-0.25, -0.2) is 14.3 Å². The minimum absolute atomic E-state index is 0.122. The third kappa shape index (κ3) is 8.10. The monoisotopic (exact) mass is 873 g/mol. The van der Waals surface area contributed by atoms with E-state index < -0.39 is 17.6 Å². The van der Waals surface area contributed by atoms with Crippen molar-refractivity contribution >= 4 is 45.9 Å². The first kappa shape index (κ1) is 42.1. The van der Waals surface area contributed by atoms with Crippen LogP contribution in [-0.2, 0) is 31.7 Å². The molecule has 5 aliphatic rings. The Hall–Kier alpha value is -5.87. The van der Waals surface area contributed by atoms with E-state index in [4.69, 9.17) is 19.6 Å². The zero-order valence-electron chi connectivity index (χ0n) is 36.5. The largest absolute Gasteiger partial charge is 0.384 e. The lowest BCUT2D eigenvalue weighted by Gasteiger charge is -2.36. The highest BCUT2D eigenvalue weighted by molar-refractivity contribution is 6.08. The zero-order valence-corrected chi connectivity index (χ0v) is 36.5. The first-order valence-electron chi connectivity index (χ1n) is 22.6. The number of anilines is 2. The van der Waals surface area contributed by atoms with Gasteiger partial charge in [0.1, 0.15) is 35.3 Å². The molecule has 10 rings (SSSR count). The average molecular weight is 874 g/mol. The van der Waals surface area contributed by atoms with Crippen LogP contribution in [0.5, 0.6) is 0 Å². The number of hydrogen-bond acceptors (Lipinski definition) is 12. The third-order valence-corrected chi connectivity index (χ3v) is 13.8. The Morgan fingerprint density at radius 1 is 1.06 bits per heavy atom. The van der Waals surface area contributed by atoms with E-state index in [1.807, 2.05) is 35.3 Å². The van der Waals surface area contributed by atoms with Crippen molar-refractivity contribution in [3.8, 4) is 11.8 Å². The molecule has 3 N–H and O–H groups in total. The van der Waals surface area contributed by atoms with Crippen LogP contribution >= 0.6 is 0 Å². The van der Waals surface area contributed by atoms with Gasteiger partial charge in [0, 0.05) is 52.0 Å². The van der Waals surface area contributed by atoms with Gasteiger partial charge in [-0.05, 0) is 89.3 Å². The average Bonchev–Trinajstić information content (AvgIpc) is 4.13. The van der Waals surface area contributed by atoms with Crippen molar-refractivity contribution in [2.24, 2.45) is 13.0 Å². The van der Waals surface area contributed by atoms with Crippen molar-refractivity contribution in [1.29, 1.82) is 0 Å². The quantitative estimate of drug-likeness (QED) is 0.137. The normalized spacial score (nSPS) is 24.4. The van der Waals surface area contributed by atoms with E-state index >= 15 is 0 Å². The molecule has 1 aromatic carbocycles. The first-order chi connectivity index (χ1) is 30.9. The molecule has 2 bridgehead atoms. The number of likely N-dealkylation sites (tertiary alicyclic amines) is 1. The predicted octanol–water partition coefficient (Wildman–Crippen LogP) is 3.28. The Kier molecular flexibility index (Phi) is 11.1. The van der Waals surface area contributed by atoms with Gasteiger partial charge >= 0.3 is 5.69 Å². The van der Waals surface area contributed by atoms with Gasteiger partial charge in [-0.2, -0.15) is 10.2 Å². The molecule has 1 aliphatic carbocycles. The molecule has 18 heteroatoms. The summed E-state index contributed by atoms with van der Waals surface area (Å²) in [6.07, 6.45) is 12.9. The summed E-state index contributed by atoms with van der Waals surface area (Å²) < 4.78 is 18.5. The highest BCUT2D eigenvalue weighted by atomic mass is 16.5. The number of hydrogen-bond donors (Lipinski definition) is 3. The van der Waals surface area contributed by atoms with Gasteiger partial charge in [0.2, 0.25) is 11.8 Å². The van der Waals surface area contributed by atoms with Crippen molar-refractivity contribution in [3.05, 3.63) is 70.2 Å². The molecule has 18 nitrogen and oxygen atoms in total. The van der Waals surface area contributed by atoms with E-state index in [9.17, 15) is 24.3 Å². The molecule has 1 unspecified atom stereocenters. The van der Waals surface area contributed by atoms with Crippen LogP contribution < -0.4 is 21.2 Å². The maximum Gasteiger partial charge on any atom is 0.329 e. The highest BCUT2D eigenvalue weighted by Crippen LogP contribution is 2.37. The predicted molar refractivity (Wildman–Crippen MR) is 236 cm³/mol. The SMILES string of the molecule is Cn1c(=O)n(C2CCC(=O)NC2=O)c2cccc(C#CCOC3CCN(CC4CCC(n5cc(NC(=O)c6cnn7ccc(N8C[C@H]9C[C@@H]8CO9)nc67)c(C(C)(C)O)n5)CC4)CC3)c21. The summed E-state index contributed by atoms with van der Waals surface area (Å²) in [7, 11) is 1.67. The number of piperidine rings is 2. The number of imide groups is 1. The summed E-state index contributed by atoms with van der Waals surface area (Å²) in [5.74, 6) is 6.58. The Morgan fingerprint density at radius 2 is 1.88 bits per heavy atom. The van der Waals surface area contributed by atoms with E-state index in [0.717, 1.165) is 76.9 Å². The molecular weight excluding hydrogens is 819 g/mol. The van der Waals surface area contributed by atoms with E-state index in [2.05, 4.69) is 37.4 Å². The van der Waals surface area contributed by atoms with Crippen molar-refractivity contribution in [3.63, 3.8) is 0 Å². The van der Waals surface area contributed by atoms with Crippen molar-refractivity contribution in [2.75, 3.05) is 49.6 Å². The molecule has 5 aromatic rings. The second-order valence-corrected chi connectivity index (χ2v) is 18.6. The smallest absolute Gasteiger partial charge is 0.329 e. The lowest BCUT2D eigenvalue weighted by atomic mass is 9.85. The van der Waals surface area contributed by atoms with Crippen LogP contribution in [-0.4, -0.2) is 119 Å². The van der Waals surface area contributed by atoms with Crippen molar-refractivity contribution in [2.45, 2.75) is 108 Å². The standard InChI is InChI=1S/C46H55N11O7/c1-46(2,62)41-35(48-43(59)34-23-47-55-20-17-38(49-42(34)55)54-25-33-22-31(54)27-64-33)26-56(51-41)30-11-9-28(10-12-30)24-53-18-15-32(16-19-53)63-21-5-7-29-6-4-8-36-40(29)52(3)45(61)57(36)37-13-14-39(58)50-44(37)60/h4,6,8,17,20,23,26,28,30-33,37,62H,9-16,18-19,21-22,24-25,27H2,1-3H3,(H,48,59)(H,50,58,60)/t28?,30?,31-,33-,37?/m1/s1. The number of aryl methyl sites for hydroxylation is 1. The third-order valence-electron chi connectivity index (χ3n) is 13.8. The number of carbonyl (C=O) groups excluding carboxylic acids is 3. The van der Waals surface area contributed by atoms with Crippen LogP contribution in [0.1, 0.15) is 105 Å². The van der Waals surface area contributed by atoms with Crippen molar-refractivity contribution in [1.82, 2.24) is 43.7 Å². The second-order valence-electron chi connectivity index (χ2n) is 18.6. The molecular formula is C46H55N11O7. The summed E-state index contributed by atoms with van der Waals surface area (Å²) in [6.45, 7) is 8.08. The van der Waals surface area contributed by atoms with Crippen LogP contribution in [0.25, 0.3) is 16.7 Å². The Bertz CT molecular complexity index is 2740. The number of aromatic nitrogens is 7. The van der Waals surface area contributed by atoms with Crippen LogP contribution in [0.15, 0.2) is 47.7 Å². The number of rotatable bonds is 10. The second kappa shape index (κ2) is 16.9. The minimum Gasteiger partial charge on any atom is -0.384 e. The van der Waals surface area contributed by atoms with Crippen LogP contribution in [0, 0.1) is 17.8 Å². The summed E-state index contributed by atoms with van der Waals surface area (Å²) in [4.78, 5) is 61.0. The number of nitrogens with zero attached hydrogens (tertiary/aromatic N) is 9. The lowest BCUT2D eigenvalue weighted by Crippen LogP contribution is -2.44. The van der Waals surface area contributed by atoms with Crippen LogP contribution in [0.2, 0.25) is 0 Å². The maximum atomic E-state index is 13.8. The Labute approximate surface area is 369 Å². The zero-order chi connectivity index (χ0) is 44.3. The van der Waals surface area contributed by atoms with Gasteiger partial charge in [0.25, 0.3) is 5.91 Å². The van der Waals surface area contributed by atoms with E-state index in [1.54, 1.807) is 31.5 Å². The first-order valence-corrected chi connectivity index (χ1v) is 22.6. The number of carbonyl (C=O) groups is 3.